The third-order valence-corrected chi connectivity index (χ3v) is 8.10. The topological polar surface area (TPSA) is 31.7 Å². The fourth-order valence-corrected chi connectivity index (χ4v) is 5.79. The average Bonchev–Trinajstić information content (AvgIpc) is 3.44. The zero-order valence-corrected chi connectivity index (χ0v) is 22.1. The molecule has 0 bridgehead atoms. The molecule has 5 rings (SSSR count). The van der Waals surface area contributed by atoms with E-state index >= 15 is 0 Å². The second kappa shape index (κ2) is 10.3. The molecule has 192 valence electrons. The van der Waals surface area contributed by atoms with Gasteiger partial charge >= 0.3 is 6.03 Å². The molecule has 0 atom stereocenters. The summed E-state index contributed by atoms with van der Waals surface area (Å²) in [5.41, 5.74) is 4.91. The van der Waals surface area contributed by atoms with Crippen LogP contribution in [0.4, 0.5) is 9.18 Å². The van der Waals surface area contributed by atoms with Gasteiger partial charge in [0, 0.05) is 49.5 Å². The van der Waals surface area contributed by atoms with E-state index in [9.17, 15) is 9.18 Å². The van der Waals surface area contributed by atoms with Crippen LogP contribution in [0, 0.1) is 5.82 Å². The Balaban J connectivity index is 1.30. The number of carbonyl (C=O) groups is 1. The van der Waals surface area contributed by atoms with E-state index in [0.29, 0.717) is 11.8 Å². The van der Waals surface area contributed by atoms with Gasteiger partial charge in [-0.2, -0.15) is 0 Å². The molecule has 0 radical (unpaired) electrons. The molecule has 0 aliphatic carbocycles. The molecule has 36 heavy (non-hydrogen) atoms. The zero-order chi connectivity index (χ0) is 25.4. The van der Waals surface area contributed by atoms with Gasteiger partial charge in [-0.3, -0.25) is 0 Å². The Bertz CT molecular complexity index is 1210. The highest BCUT2D eigenvalue weighted by Gasteiger charge is 2.31. The van der Waals surface area contributed by atoms with Crippen molar-refractivity contribution in [2.45, 2.75) is 58.4 Å². The Morgan fingerprint density at radius 3 is 2.28 bits per heavy atom. The molecule has 3 heterocycles. The van der Waals surface area contributed by atoms with Gasteiger partial charge < -0.3 is 19.3 Å². The summed E-state index contributed by atoms with van der Waals surface area (Å²) in [6.07, 6.45) is 4.51. The molecule has 2 saturated heterocycles. The van der Waals surface area contributed by atoms with Crippen LogP contribution in [0.5, 0.6) is 0 Å². The third-order valence-electron chi connectivity index (χ3n) is 8.10. The van der Waals surface area contributed by atoms with Crippen molar-refractivity contribution in [1.82, 2.24) is 19.3 Å². The molecule has 2 aliphatic rings. The summed E-state index contributed by atoms with van der Waals surface area (Å²) in [5.74, 6) is 0.742. The summed E-state index contributed by atoms with van der Waals surface area (Å²) in [7, 11) is 0. The standard InChI is InChI=1S/C30H39FN4O/c1-21(2)24-5-10-27-28(20-35(29(27)19-24)26-8-6-25(31)7-9-26)23-11-13-32(14-12-23)15-16-33-17-18-34(22(3)4)30(33)36/h5-10,19-23H,11-18H2,1-4H3. The van der Waals surface area contributed by atoms with Gasteiger partial charge in [-0.25, -0.2) is 9.18 Å². The number of nitrogens with zero attached hydrogens (tertiary/aromatic N) is 4. The molecule has 2 aromatic carbocycles. The number of benzene rings is 2. The number of carbonyl (C=O) groups excluding carboxylic acids is 1. The molecule has 6 heteroatoms. The van der Waals surface area contributed by atoms with Crippen LogP contribution in [0.25, 0.3) is 16.6 Å². The van der Waals surface area contributed by atoms with Gasteiger partial charge in [-0.1, -0.05) is 26.0 Å². The summed E-state index contributed by atoms with van der Waals surface area (Å²) in [6, 6.07) is 14.1. The number of amides is 2. The number of hydrogen-bond acceptors (Lipinski definition) is 2. The van der Waals surface area contributed by atoms with E-state index in [-0.39, 0.29) is 17.9 Å². The van der Waals surface area contributed by atoms with E-state index in [0.717, 1.165) is 57.8 Å². The summed E-state index contributed by atoms with van der Waals surface area (Å²) in [5, 5.41) is 1.30. The van der Waals surface area contributed by atoms with Gasteiger partial charge in [0.15, 0.2) is 0 Å². The van der Waals surface area contributed by atoms with Crippen molar-refractivity contribution in [2.75, 3.05) is 39.3 Å². The van der Waals surface area contributed by atoms with Crippen LogP contribution < -0.4 is 0 Å². The Labute approximate surface area is 214 Å². The van der Waals surface area contributed by atoms with Crippen molar-refractivity contribution in [3.05, 3.63) is 65.6 Å². The Morgan fingerprint density at radius 1 is 0.917 bits per heavy atom. The predicted octanol–water partition coefficient (Wildman–Crippen LogP) is 6.22. The average molecular weight is 491 g/mol. The maximum absolute atomic E-state index is 13.6. The number of aromatic nitrogens is 1. The van der Waals surface area contributed by atoms with Crippen LogP contribution in [-0.4, -0.2) is 70.6 Å². The SMILES string of the molecule is CC(C)c1ccc2c(C3CCN(CCN4CCN(C(C)C)C4=O)CC3)cn(-c3ccc(F)cc3)c2c1. The first-order valence-electron chi connectivity index (χ1n) is 13.5. The molecule has 0 N–H and O–H groups in total. The minimum absolute atomic E-state index is 0.189. The molecule has 3 aromatic rings. The van der Waals surface area contributed by atoms with Crippen molar-refractivity contribution >= 4 is 16.9 Å². The van der Waals surface area contributed by atoms with Crippen LogP contribution in [0.1, 0.15) is 63.5 Å². The first-order valence-corrected chi connectivity index (χ1v) is 13.5. The summed E-state index contributed by atoms with van der Waals surface area (Å²) >= 11 is 0. The smallest absolute Gasteiger partial charge is 0.320 e. The minimum Gasteiger partial charge on any atom is -0.322 e. The van der Waals surface area contributed by atoms with Crippen LogP contribution in [0.2, 0.25) is 0 Å². The van der Waals surface area contributed by atoms with Crippen LogP contribution in [0.15, 0.2) is 48.7 Å². The molecule has 2 aliphatic heterocycles. The maximum atomic E-state index is 13.6. The Hall–Kier alpha value is -2.86. The Kier molecular flexibility index (Phi) is 7.07. The fraction of sp³-hybridized carbons (Fsp3) is 0.500. The van der Waals surface area contributed by atoms with Crippen LogP contribution in [0.3, 0.4) is 0 Å². The lowest BCUT2D eigenvalue weighted by molar-refractivity contribution is 0.166. The predicted molar refractivity (Wildman–Crippen MR) is 145 cm³/mol. The van der Waals surface area contributed by atoms with Crippen LogP contribution in [-0.2, 0) is 0 Å². The zero-order valence-electron chi connectivity index (χ0n) is 22.1. The molecule has 0 spiro atoms. The van der Waals surface area contributed by atoms with E-state index in [2.05, 4.69) is 61.6 Å². The largest absolute Gasteiger partial charge is 0.322 e. The number of rotatable bonds is 7. The second-order valence-electron chi connectivity index (χ2n) is 11.0. The van der Waals surface area contributed by atoms with Gasteiger partial charge in [0.2, 0.25) is 0 Å². The number of fused-ring (bicyclic) bond motifs is 1. The van der Waals surface area contributed by atoms with Crippen molar-refractivity contribution in [3.8, 4) is 5.69 Å². The molecule has 5 nitrogen and oxygen atoms in total. The van der Waals surface area contributed by atoms with Gasteiger partial charge in [-0.15, -0.1) is 0 Å². The normalized spacial score (nSPS) is 17.9. The first kappa shape index (κ1) is 24.8. The Morgan fingerprint density at radius 2 is 1.64 bits per heavy atom. The van der Waals surface area contributed by atoms with Crippen molar-refractivity contribution in [1.29, 1.82) is 0 Å². The van der Waals surface area contributed by atoms with Crippen molar-refractivity contribution in [3.63, 3.8) is 0 Å². The molecule has 2 fully saturated rings. The van der Waals surface area contributed by atoms with E-state index in [1.165, 1.54) is 34.2 Å². The van der Waals surface area contributed by atoms with Crippen LogP contribution >= 0.6 is 0 Å². The number of hydrogen-bond donors (Lipinski definition) is 0. The summed E-state index contributed by atoms with van der Waals surface area (Å²) in [6.45, 7) is 14.2. The first-order chi connectivity index (χ1) is 17.3. The number of urea groups is 1. The van der Waals surface area contributed by atoms with Crippen molar-refractivity contribution in [2.24, 2.45) is 0 Å². The lowest BCUT2D eigenvalue weighted by Crippen LogP contribution is -2.41. The fourth-order valence-electron chi connectivity index (χ4n) is 5.79. The molecular formula is C30H39FN4O. The van der Waals surface area contributed by atoms with Crippen molar-refractivity contribution < 1.29 is 9.18 Å². The number of piperidine rings is 1. The lowest BCUT2D eigenvalue weighted by Gasteiger charge is -2.33. The summed E-state index contributed by atoms with van der Waals surface area (Å²) < 4.78 is 15.9. The molecule has 0 unspecified atom stereocenters. The molecular weight excluding hydrogens is 451 g/mol. The highest BCUT2D eigenvalue weighted by Crippen LogP contribution is 2.37. The lowest BCUT2D eigenvalue weighted by atomic mass is 9.88. The molecule has 2 amide bonds. The number of halogens is 1. The minimum atomic E-state index is -0.210. The second-order valence-corrected chi connectivity index (χ2v) is 11.0. The third kappa shape index (κ3) is 4.88. The van der Waals surface area contributed by atoms with Gasteiger partial charge in [0.05, 0.1) is 5.52 Å². The van der Waals surface area contributed by atoms with Gasteiger partial charge in [-0.05, 0) is 93.1 Å². The van der Waals surface area contributed by atoms with E-state index in [1.807, 2.05) is 21.9 Å². The van der Waals surface area contributed by atoms with E-state index in [1.54, 1.807) is 0 Å². The van der Waals surface area contributed by atoms with E-state index < -0.39 is 0 Å². The van der Waals surface area contributed by atoms with E-state index in [4.69, 9.17) is 0 Å². The number of likely N-dealkylation sites (tertiary alicyclic amines) is 1. The highest BCUT2D eigenvalue weighted by atomic mass is 19.1. The quantitative estimate of drug-likeness (QED) is 0.394. The summed E-state index contributed by atoms with van der Waals surface area (Å²) in [4.78, 5) is 19.1. The highest BCUT2D eigenvalue weighted by molar-refractivity contribution is 5.87. The van der Waals surface area contributed by atoms with Gasteiger partial charge in [0.1, 0.15) is 5.82 Å². The van der Waals surface area contributed by atoms with Gasteiger partial charge in [0.25, 0.3) is 0 Å². The monoisotopic (exact) mass is 490 g/mol. The maximum Gasteiger partial charge on any atom is 0.320 e. The molecule has 1 aromatic heterocycles. The molecule has 0 saturated carbocycles.